The smallest absolute Gasteiger partial charge is 0.146 e. The number of hydrogen-bond donors (Lipinski definition) is 0. The molecule has 0 aromatic carbocycles. The molecule has 3 nitrogen and oxygen atoms in total. The quantitative estimate of drug-likeness (QED) is 0.743. The summed E-state index contributed by atoms with van der Waals surface area (Å²) in [5, 5.41) is 3.18. The third-order valence-electron chi connectivity index (χ3n) is 2.38. The fourth-order valence-corrected chi connectivity index (χ4v) is 2.36. The van der Waals surface area contributed by atoms with Crippen LogP contribution in [0.25, 0.3) is 0 Å². The summed E-state index contributed by atoms with van der Waals surface area (Å²) in [6.07, 6.45) is 1.76. The van der Waals surface area contributed by atoms with E-state index in [0.29, 0.717) is 12.3 Å². The minimum absolute atomic E-state index is 0.364. The molecule has 0 aliphatic carbocycles. The lowest BCUT2D eigenvalue weighted by Crippen LogP contribution is -2.35. The zero-order chi connectivity index (χ0) is 9.97. The summed E-state index contributed by atoms with van der Waals surface area (Å²) in [6, 6.07) is 0. The van der Waals surface area contributed by atoms with Crippen LogP contribution in [0.4, 0.5) is 0 Å². The van der Waals surface area contributed by atoms with Gasteiger partial charge in [0.05, 0.1) is 17.2 Å². The maximum atomic E-state index is 11.2. The van der Waals surface area contributed by atoms with Gasteiger partial charge in [0.2, 0.25) is 0 Å². The van der Waals surface area contributed by atoms with E-state index in [1.54, 1.807) is 11.3 Å². The van der Waals surface area contributed by atoms with Crippen LogP contribution in [0.3, 0.4) is 0 Å². The molecule has 1 aliphatic rings. The first-order valence-electron chi connectivity index (χ1n) is 4.89. The van der Waals surface area contributed by atoms with Crippen LogP contribution < -0.4 is 0 Å². The number of rotatable bonds is 2. The second-order valence-electron chi connectivity index (χ2n) is 3.71. The number of aryl methyl sites for hydroxylation is 1. The molecule has 2 heterocycles. The highest BCUT2D eigenvalue weighted by Crippen LogP contribution is 2.13. The van der Waals surface area contributed by atoms with Gasteiger partial charge in [0, 0.05) is 18.3 Å². The minimum atomic E-state index is 0.364. The first-order valence-corrected chi connectivity index (χ1v) is 5.77. The number of hydrogen-bond acceptors (Lipinski definition) is 4. The zero-order valence-corrected chi connectivity index (χ0v) is 9.14. The molecule has 0 bridgehead atoms. The van der Waals surface area contributed by atoms with Gasteiger partial charge >= 0.3 is 0 Å². The van der Waals surface area contributed by atoms with Gasteiger partial charge in [0.15, 0.2) is 0 Å². The maximum absolute atomic E-state index is 11.2. The molecular formula is C10H14N2OS. The average Bonchev–Trinajstić information content (AvgIpc) is 2.51. The van der Waals surface area contributed by atoms with Gasteiger partial charge in [0.25, 0.3) is 0 Å². The monoisotopic (exact) mass is 210 g/mol. The summed E-state index contributed by atoms with van der Waals surface area (Å²) in [5.74, 6) is 0.364. The second kappa shape index (κ2) is 4.19. The first kappa shape index (κ1) is 9.80. The Kier molecular flexibility index (Phi) is 2.93. The highest BCUT2D eigenvalue weighted by molar-refractivity contribution is 7.09. The van der Waals surface area contributed by atoms with E-state index in [4.69, 9.17) is 0 Å². The highest BCUT2D eigenvalue weighted by Gasteiger charge is 2.17. The molecule has 2 rings (SSSR count). The Morgan fingerprint density at radius 2 is 2.50 bits per heavy atom. The van der Waals surface area contributed by atoms with Gasteiger partial charge < -0.3 is 0 Å². The van der Waals surface area contributed by atoms with Crippen molar-refractivity contribution in [2.45, 2.75) is 26.3 Å². The third-order valence-corrected chi connectivity index (χ3v) is 3.20. The van der Waals surface area contributed by atoms with E-state index >= 15 is 0 Å². The van der Waals surface area contributed by atoms with E-state index in [1.165, 1.54) is 0 Å². The number of likely N-dealkylation sites (tertiary alicyclic amines) is 1. The number of nitrogens with zero attached hydrogens (tertiary/aromatic N) is 2. The highest BCUT2D eigenvalue weighted by atomic mass is 32.1. The molecule has 0 amide bonds. The summed E-state index contributed by atoms with van der Waals surface area (Å²) in [6.45, 7) is 4.48. The van der Waals surface area contributed by atoms with Gasteiger partial charge in [-0.15, -0.1) is 11.3 Å². The lowest BCUT2D eigenvalue weighted by molar-refractivity contribution is -0.122. The summed E-state index contributed by atoms with van der Waals surface area (Å²) in [7, 11) is 0. The molecule has 1 aromatic heterocycles. The molecule has 1 saturated heterocycles. The average molecular weight is 210 g/mol. The zero-order valence-electron chi connectivity index (χ0n) is 8.32. The van der Waals surface area contributed by atoms with Gasteiger partial charge in [-0.25, -0.2) is 4.98 Å². The van der Waals surface area contributed by atoms with Crippen LogP contribution in [0.5, 0.6) is 0 Å². The third kappa shape index (κ3) is 2.39. The molecule has 0 unspecified atom stereocenters. The van der Waals surface area contributed by atoms with E-state index in [2.05, 4.69) is 15.3 Å². The predicted molar refractivity (Wildman–Crippen MR) is 56.4 cm³/mol. The molecule has 1 aliphatic heterocycles. The number of carbonyl (C=O) groups is 1. The molecular weight excluding hydrogens is 196 g/mol. The second-order valence-corrected chi connectivity index (χ2v) is 4.77. The van der Waals surface area contributed by atoms with Crippen LogP contribution in [0.15, 0.2) is 5.38 Å². The summed E-state index contributed by atoms with van der Waals surface area (Å²) in [5.41, 5.74) is 1.10. The molecule has 1 aromatic rings. The fraction of sp³-hybridized carbons (Fsp3) is 0.600. The van der Waals surface area contributed by atoms with Crippen molar-refractivity contribution in [3.05, 3.63) is 16.1 Å². The van der Waals surface area contributed by atoms with Crippen LogP contribution in [-0.2, 0) is 11.3 Å². The molecule has 76 valence electrons. The summed E-state index contributed by atoms with van der Waals surface area (Å²) in [4.78, 5) is 17.8. The number of aromatic nitrogens is 1. The van der Waals surface area contributed by atoms with Crippen molar-refractivity contribution < 1.29 is 4.79 Å². The van der Waals surface area contributed by atoms with E-state index in [0.717, 1.165) is 36.6 Å². The van der Waals surface area contributed by atoms with Crippen molar-refractivity contribution in [2.24, 2.45) is 0 Å². The molecule has 4 heteroatoms. The standard InChI is InChI=1S/C10H14N2OS/c1-8-11-9(7-14-8)5-12-4-2-3-10(13)6-12/h7H,2-6H2,1H3. The lowest BCUT2D eigenvalue weighted by atomic mass is 10.1. The van der Waals surface area contributed by atoms with Crippen molar-refractivity contribution in [3.8, 4) is 0 Å². The number of carbonyl (C=O) groups excluding carboxylic acids is 1. The van der Waals surface area contributed by atoms with Crippen molar-refractivity contribution in [2.75, 3.05) is 13.1 Å². The molecule has 0 radical (unpaired) electrons. The summed E-state index contributed by atoms with van der Waals surface area (Å²) >= 11 is 1.67. The van der Waals surface area contributed by atoms with Crippen LogP contribution in [-0.4, -0.2) is 28.8 Å². The van der Waals surface area contributed by atoms with E-state index in [-0.39, 0.29) is 0 Å². The van der Waals surface area contributed by atoms with Crippen molar-refractivity contribution in [1.29, 1.82) is 0 Å². The Hall–Kier alpha value is -0.740. The number of piperidine rings is 1. The Bertz CT molecular complexity index is 335. The van der Waals surface area contributed by atoms with Crippen LogP contribution >= 0.6 is 11.3 Å². The van der Waals surface area contributed by atoms with E-state index in [9.17, 15) is 4.79 Å². The number of ketones is 1. The normalized spacial score (nSPS) is 18.8. The van der Waals surface area contributed by atoms with Crippen molar-refractivity contribution >= 4 is 17.1 Å². The molecule has 0 atom stereocenters. The molecule has 0 N–H and O–H groups in total. The van der Waals surface area contributed by atoms with Crippen LogP contribution in [0.2, 0.25) is 0 Å². The van der Waals surface area contributed by atoms with Gasteiger partial charge in [-0.05, 0) is 19.9 Å². The topological polar surface area (TPSA) is 33.2 Å². The maximum Gasteiger partial charge on any atom is 0.146 e. The molecule has 14 heavy (non-hydrogen) atoms. The minimum Gasteiger partial charge on any atom is -0.298 e. The van der Waals surface area contributed by atoms with Crippen LogP contribution in [0.1, 0.15) is 23.5 Å². The van der Waals surface area contributed by atoms with Crippen LogP contribution in [0, 0.1) is 6.92 Å². The van der Waals surface area contributed by atoms with Crippen molar-refractivity contribution in [1.82, 2.24) is 9.88 Å². The molecule has 0 spiro atoms. The Balaban J connectivity index is 1.93. The largest absolute Gasteiger partial charge is 0.298 e. The van der Waals surface area contributed by atoms with Gasteiger partial charge in [-0.2, -0.15) is 0 Å². The van der Waals surface area contributed by atoms with E-state index in [1.807, 2.05) is 6.92 Å². The Labute approximate surface area is 87.8 Å². The summed E-state index contributed by atoms with van der Waals surface area (Å²) < 4.78 is 0. The Morgan fingerprint density at radius 1 is 1.64 bits per heavy atom. The molecule has 0 saturated carbocycles. The lowest BCUT2D eigenvalue weighted by Gasteiger charge is -2.24. The molecule has 1 fully saturated rings. The number of Topliss-reactive ketones (excluding diaryl/α,β-unsaturated/α-hetero) is 1. The van der Waals surface area contributed by atoms with Gasteiger partial charge in [0.1, 0.15) is 5.78 Å². The number of thiazole rings is 1. The van der Waals surface area contributed by atoms with Gasteiger partial charge in [-0.1, -0.05) is 0 Å². The van der Waals surface area contributed by atoms with Gasteiger partial charge in [-0.3, -0.25) is 9.69 Å². The van der Waals surface area contributed by atoms with E-state index < -0.39 is 0 Å². The predicted octanol–water partition coefficient (Wildman–Crippen LogP) is 1.62. The SMILES string of the molecule is Cc1nc(CN2CCCC(=O)C2)cs1. The first-order chi connectivity index (χ1) is 6.74. The Morgan fingerprint density at radius 3 is 3.14 bits per heavy atom. The van der Waals surface area contributed by atoms with Crippen molar-refractivity contribution in [3.63, 3.8) is 0 Å². The fourth-order valence-electron chi connectivity index (χ4n) is 1.75.